The molecule has 1 aromatic heterocycles. The number of amides is 1. The van der Waals surface area contributed by atoms with Crippen molar-refractivity contribution in [2.24, 2.45) is 0 Å². The van der Waals surface area contributed by atoms with Gasteiger partial charge in [-0.25, -0.2) is 9.97 Å². The number of nitrogens with zero attached hydrogens (tertiary/aromatic N) is 2. The molecule has 0 radical (unpaired) electrons. The lowest BCUT2D eigenvalue weighted by Crippen LogP contribution is -2.31. The van der Waals surface area contributed by atoms with Crippen LogP contribution in [-0.2, 0) is 4.79 Å². The van der Waals surface area contributed by atoms with Crippen molar-refractivity contribution in [3.8, 4) is 0 Å². The van der Waals surface area contributed by atoms with E-state index in [1.807, 2.05) is 60.7 Å². The molecule has 3 aromatic rings. The van der Waals surface area contributed by atoms with Crippen LogP contribution in [0.25, 0.3) is 16.5 Å². The number of para-hydroxylation sites is 1. The Hall–Kier alpha value is -4.30. The highest BCUT2D eigenvalue weighted by atomic mass is 16.1. The second-order valence-electron chi connectivity index (χ2n) is 7.50. The monoisotopic (exact) mass is 439 g/mol. The number of aromatic nitrogens is 2. The molecule has 8 nitrogen and oxygen atoms in total. The molecule has 0 spiro atoms. The Kier molecular flexibility index (Phi) is 6.56. The van der Waals surface area contributed by atoms with Gasteiger partial charge in [-0.2, -0.15) is 0 Å². The van der Waals surface area contributed by atoms with Gasteiger partial charge in [-0.05, 0) is 56.0 Å². The van der Waals surface area contributed by atoms with Crippen LogP contribution in [0.5, 0.6) is 0 Å². The number of fused-ring (bicyclic) bond motifs is 1. The fourth-order valence-electron chi connectivity index (χ4n) is 3.48. The number of nitrogens with two attached hydrogens (primary N) is 1. The molecule has 0 atom stereocenters. The Morgan fingerprint density at radius 2 is 2.06 bits per heavy atom. The van der Waals surface area contributed by atoms with Crippen molar-refractivity contribution < 1.29 is 4.79 Å². The summed E-state index contributed by atoms with van der Waals surface area (Å²) in [6.45, 7) is 0.226. The number of nitrogen functional groups attached to an aromatic ring is 1. The largest absolute Gasteiger partial charge is 0.398 e. The summed E-state index contributed by atoms with van der Waals surface area (Å²) < 4.78 is 0. The zero-order valence-electron chi connectivity index (χ0n) is 18.2. The average molecular weight is 440 g/mol. The maximum atomic E-state index is 12.0. The number of hydrogen-bond donors (Lipinski definition) is 5. The van der Waals surface area contributed by atoms with E-state index in [-0.39, 0.29) is 12.5 Å². The number of carbonyl (C=O) groups excluding carboxylic acids is 1. The Labute approximate surface area is 191 Å². The number of nitrogens with one attached hydrogen (secondary N) is 4. The van der Waals surface area contributed by atoms with E-state index in [4.69, 9.17) is 21.1 Å². The van der Waals surface area contributed by atoms with Crippen LogP contribution in [0.15, 0.2) is 72.5 Å². The highest BCUT2D eigenvalue weighted by Gasteiger charge is 2.13. The van der Waals surface area contributed by atoms with Crippen LogP contribution >= 0.6 is 0 Å². The second-order valence-corrected chi connectivity index (χ2v) is 7.50. The first-order chi connectivity index (χ1) is 16.1. The molecule has 166 valence electrons. The topological polar surface area (TPSA) is 129 Å². The average Bonchev–Trinajstić information content (AvgIpc) is 3.06. The number of carbonyl (C=O) groups is 1. The van der Waals surface area contributed by atoms with Gasteiger partial charge in [0.15, 0.2) is 5.82 Å². The van der Waals surface area contributed by atoms with Crippen LogP contribution in [0, 0.1) is 5.41 Å². The number of anilines is 3. The summed E-state index contributed by atoms with van der Waals surface area (Å²) in [6.07, 6.45) is 9.68. The molecule has 0 aliphatic heterocycles. The SMILES string of the molecule is CNCC(=O)NC1=CC(c2nc(Nc3ccc(N)c(C=N)c3)c3ccccc3n2)=CCC=C1. The summed E-state index contributed by atoms with van der Waals surface area (Å²) in [5.41, 5.74) is 10.1. The molecular formula is C25H25N7O. The minimum absolute atomic E-state index is 0.123. The van der Waals surface area contributed by atoms with Crippen molar-refractivity contribution >= 4 is 45.8 Å². The van der Waals surface area contributed by atoms with Crippen LogP contribution in [0.1, 0.15) is 17.8 Å². The quantitative estimate of drug-likeness (QED) is 0.283. The molecule has 1 aliphatic rings. The molecular weight excluding hydrogens is 414 g/mol. The van der Waals surface area contributed by atoms with Crippen molar-refractivity contribution in [1.82, 2.24) is 20.6 Å². The maximum Gasteiger partial charge on any atom is 0.238 e. The van der Waals surface area contributed by atoms with Crippen molar-refractivity contribution in [3.05, 3.63) is 83.9 Å². The third-order valence-corrected chi connectivity index (χ3v) is 5.07. The molecule has 1 aliphatic carbocycles. The first kappa shape index (κ1) is 21.9. The van der Waals surface area contributed by atoms with E-state index < -0.39 is 0 Å². The lowest BCUT2D eigenvalue weighted by Gasteiger charge is -2.13. The first-order valence-corrected chi connectivity index (χ1v) is 10.5. The molecule has 0 fully saturated rings. The first-order valence-electron chi connectivity index (χ1n) is 10.5. The second kappa shape index (κ2) is 9.88. The van der Waals surface area contributed by atoms with E-state index in [0.29, 0.717) is 35.0 Å². The third kappa shape index (κ3) is 5.13. The highest BCUT2D eigenvalue weighted by Crippen LogP contribution is 2.28. The summed E-state index contributed by atoms with van der Waals surface area (Å²) >= 11 is 0. The van der Waals surface area contributed by atoms with Gasteiger partial charge >= 0.3 is 0 Å². The number of hydrogen-bond acceptors (Lipinski definition) is 7. The fraction of sp³-hybridized carbons (Fsp3) is 0.120. The van der Waals surface area contributed by atoms with Crippen molar-refractivity contribution in [2.75, 3.05) is 24.6 Å². The van der Waals surface area contributed by atoms with E-state index in [2.05, 4.69) is 16.0 Å². The lowest BCUT2D eigenvalue weighted by molar-refractivity contribution is -0.119. The molecule has 4 rings (SSSR count). The molecule has 0 unspecified atom stereocenters. The normalized spacial score (nSPS) is 13.1. The van der Waals surface area contributed by atoms with Gasteiger partial charge in [0.2, 0.25) is 5.91 Å². The number of rotatable bonds is 7. The van der Waals surface area contributed by atoms with Gasteiger partial charge in [0.1, 0.15) is 5.82 Å². The van der Waals surface area contributed by atoms with Crippen molar-refractivity contribution in [3.63, 3.8) is 0 Å². The third-order valence-electron chi connectivity index (χ3n) is 5.07. The Balaban J connectivity index is 1.74. The fourth-order valence-corrected chi connectivity index (χ4v) is 3.48. The molecule has 0 bridgehead atoms. The molecule has 8 heteroatoms. The summed E-state index contributed by atoms with van der Waals surface area (Å²) in [6, 6.07) is 13.2. The maximum absolute atomic E-state index is 12.0. The van der Waals surface area contributed by atoms with Crippen LogP contribution in [0.2, 0.25) is 0 Å². The summed E-state index contributed by atoms with van der Waals surface area (Å²) in [5, 5.41) is 17.5. The Morgan fingerprint density at radius 1 is 1.21 bits per heavy atom. The molecule has 0 saturated heterocycles. The Morgan fingerprint density at radius 3 is 2.88 bits per heavy atom. The van der Waals surface area contributed by atoms with Crippen molar-refractivity contribution in [1.29, 1.82) is 5.41 Å². The summed E-state index contributed by atoms with van der Waals surface area (Å²) in [7, 11) is 1.73. The molecule has 0 saturated carbocycles. The summed E-state index contributed by atoms with van der Waals surface area (Å²) in [4.78, 5) is 21.6. The van der Waals surface area contributed by atoms with Gasteiger partial charge in [0.05, 0.1) is 12.1 Å². The van der Waals surface area contributed by atoms with E-state index in [1.54, 1.807) is 13.1 Å². The Bertz CT molecular complexity index is 1310. The van der Waals surface area contributed by atoms with E-state index >= 15 is 0 Å². The minimum atomic E-state index is -0.123. The van der Waals surface area contributed by atoms with E-state index in [0.717, 1.165) is 22.2 Å². The number of allylic oxidation sites excluding steroid dienone is 5. The smallest absolute Gasteiger partial charge is 0.238 e. The molecule has 2 aromatic carbocycles. The van der Waals surface area contributed by atoms with Gasteiger partial charge in [0, 0.05) is 39.8 Å². The number of likely N-dealkylation sites (N-methyl/N-ethyl adjacent to an activating group) is 1. The van der Waals surface area contributed by atoms with Gasteiger partial charge in [0.25, 0.3) is 0 Å². The lowest BCUT2D eigenvalue weighted by atomic mass is 10.1. The zero-order chi connectivity index (χ0) is 23.2. The van der Waals surface area contributed by atoms with Crippen LogP contribution in [-0.4, -0.2) is 35.7 Å². The molecule has 33 heavy (non-hydrogen) atoms. The summed E-state index contributed by atoms with van der Waals surface area (Å²) in [5.74, 6) is 1.06. The van der Waals surface area contributed by atoms with E-state index in [9.17, 15) is 4.79 Å². The van der Waals surface area contributed by atoms with Crippen LogP contribution < -0.4 is 21.7 Å². The van der Waals surface area contributed by atoms with Gasteiger partial charge in [-0.3, -0.25) is 4.79 Å². The standard InChI is InChI=1S/C25H25N7O/c1-28-15-23(33)29-18-7-3-2-6-16(12-18)24-31-22-9-5-4-8-20(22)25(32-24)30-19-10-11-21(27)17(13-19)14-26/h3-14,26,28H,2,15,27H2,1H3,(H,29,33)(H,30,31,32). The van der Waals surface area contributed by atoms with Crippen LogP contribution in [0.4, 0.5) is 17.2 Å². The minimum Gasteiger partial charge on any atom is -0.398 e. The van der Waals surface area contributed by atoms with Crippen LogP contribution in [0.3, 0.4) is 0 Å². The highest BCUT2D eigenvalue weighted by molar-refractivity contribution is 5.93. The number of benzene rings is 2. The predicted octanol–water partition coefficient (Wildman–Crippen LogP) is 3.52. The zero-order valence-corrected chi connectivity index (χ0v) is 18.2. The van der Waals surface area contributed by atoms with Gasteiger partial charge in [-0.1, -0.05) is 24.3 Å². The predicted molar refractivity (Wildman–Crippen MR) is 133 cm³/mol. The molecule has 1 heterocycles. The molecule has 6 N–H and O–H groups in total. The van der Waals surface area contributed by atoms with Gasteiger partial charge < -0.3 is 27.1 Å². The van der Waals surface area contributed by atoms with Crippen molar-refractivity contribution in [2.45, 2.75) is 6.42 Å². The van der Waals surface area contributed by atoms with E-state index in [1.165, 1.54) is 6.21 Å². The molecule has 1 amide bonds. The van der Waals surface area contributed by atoms with Gasteiger partial charge in [-0.15, -0.1) is 0 Å².